The summed E-state index contributed by atoms with van der Waals surface area (Å²) >= 11 is 0. The lowest BCUT2D eigenvalue weighted by atomic mass is 10.1. The number of rotatable bonds is 2. The number of carbonyl (C=O) groups is 1. The Balaban J connectivity index is 3.04. The van der Waals surface area contributed by atoms with Gasteiger partial charge in [-0.3, -0.25) is 4.79 Å². The number of aromatic hydroxyl groups is 1. The molecule has 0 heterocycles. The van der Waals surface area contributed by atoms with Gasteiger partial charge in [0.05, 0.1) is 0 Å². The Hall–Kier alpha value is -1.57. The van der Waals surface area contributed by atoms with E-state index in [1.807, 2.05) is 6.07 Å². The van der Waals surface area contributed by atoms with Crippen molar-refractivity contribution < 1.29 is 9.90 Å². The van der Waals surface area contributed by atoms with Crippen LogP contribution in [0.2, 0.25) is 0 Å². The van der Waals surface area contributed by atoms with Crippen molar-refractivity contribution in [1.29, 1.82) is 0 Å². The van der Waals surface area contributed by atoms with E-state index >= 15 is 0 Å². The highest BCUT2D eigenvalue weighted by Crippen LogP contribution is 2.18. The number of hydrogen-bond acceptors (Lipinski definition) is 2. The maximum absolute atomic E-state index is 10.9. The smallest absolute Gasteiger partial charge is 0.155 e. The molecule has 0 saturated carbocycles. The van der Waals surface area contributed by atoms with Crippen LogP contribution in [0.5, 0.6) is 5.75 Å². The monoisotopic (exact) mass is 176 g/mol. The largest absolute Gasteiger partial charge is 0.507 e. The Bertz CT molecular complexity index is 351. The van der Waals surface area contributed by atoms with Crippen LogP contribution in [0, 0.1) is 0 Å². The van der Waals surface area contributed by atoms with Gasteiger partial charge in [0.15, 0.2) is 5.78 Å². The predicted molar refractivity (Wildman–Crippen MR) is 52.4 cm³/mol. The van der Waals surface area contributed by atoms with Gasteiger partial charge in [-0.2, -0.15) is 0 Å². The average Bonchev–Trinajstić information content (AvgIpc) is 2.08. The summed E-state index contributed by atoms with van der Waals surface area (Å²) in [4.78, 5) is 10.9. The van der Waals surface area contributed by atoms with Crippen LogP contribution in [-0.2, 0) is 4.79 Å². The quantitative estimate of drug-likeness (QED) is 0.702. The summed E-state index contributed by atoms with van der Waals surface area (Å²) in [7, 11) is 0. The number of ketones is 1. The number of phenols is 1. The van der Waals surface area contributed by atoms with Gasteiger partial charge in [-0.15, -0.1) is 0 Å². The van der Waals surface area contributed by atoms with E-state index in [9.17, 15) is 9.90 Å². The predicted octanol–water partition coefficient (Wildman–Crippen LogP) is 2.38. The van der Waals surface area contributed by atoms with Gasteiger partial charge in [-0.05, 0) is 31.6 Å². The number of carbonyl (C=O) groups excluding carboxylic acids is 1. The molecular weight excluding hydrogens is 164 g/mol. The molecule has 0 unspecified atom stereocenters. The second-order valence-electron chi connectivity index (χ2n) is 2.94. The number of Topliss-reactive ketones (excluding diaryl/α,β-unsaturated/α-hetero) is 1. The number of phenolic OH excluding ortho intramolecular Hbond substituents is 1. The summed E-state index contributed by atoms with van der Waals surface area (Å²) in [5, 5.41) is 9.39. The molecule has 68 valence electrons. The molecule has 0 fully saturated rings. The SMILES string of the molecule is CC(=O)/C(C)=C/c1ccccc1O. The Morgan fingerprint density at radius 3 is 2.46 bits per heavy atom. The van der Waals surface area contributed by atoms with Gasteiger partial charge in [0, 0.05) is 5.56 Å². The van der Waals surface area contributed by atoms with Gasteiger partial charge in [-0.25, -0.2) is 0 Å². The zero-order valence-corrected chi connectivity index (χ0v) is 7.74. The van der Waals surface area contributed by atoms with E-state index < -0.39 is 0 Å². The summed E-state index contributed by atoms with van der Waals surface area (Å²) in [6.07, 6.45) is 1.68. The van der Waals surface area contributed by atoms with Crippen molar-refractivity contribution in [2.24, 2.45) is 0 Å². The molecule has 0 radical (unpaired) electrons. The normalized spacial score (nSPS) is 11.4. The molecule has 0 bridgehead atoms. The van der Waals surface area contributed by atoms with Gasteiger partial charge >= 0.3 is 0 Å². The zero-order chi connectivity index (χ0) is 9.84. The van der Waals surface area contributed by atoms with Crippen molar-refractivity contribution in [1.82, 2.24) is 0 Å². The molecule has 0 atom stereocenters. The fourth-order valence-corrected chi connectivity index (χ4v) is 0.944. The zero-order valence-electron chi connectivity index (χ0n) is 7.74. The highest BCUT2D eigenvalue weighted by atomic mass is 16.3. The molecule has 0 aliphatic rings. The minimum atomic E-state index is 0.0169. The summed E-state index contributed by atoms with van der Waals surface area (Å²) < 4.78 is 0. The molecule has 1 N–H and O–H groups in total. The van der Waals surface area contributed by atoms with Crippen molar-refractivity contribution in [3.8, 4) is 5.75 Å². The van der Waals surface area contributed by atoms with E-state index in [2.05, 4.69) is 0 Å². The maximum atomic E-state index is 10.9. The number of allylic oxidation sites excluding steroid dienone is 1. The van der Waals surface area contributed by atoms with Crippen molar-refractivity contribution in [2.75, 3.05) is 0 Å². The van der Waals surface area contributed by atoms with E-state index in [0.29, 0.717) is 11.1 Å². The van der Waals surface area contributed by atoms with Gasteiger partial charge in [0.2, 0.25) is 0 Å². The molecule has 0 aliphatic heterocycles. The highest BCUT2D eigenvalue weighted by Gasteiger charge is 1.99. The third-order valence-corrected chi connectivity index (χ3v) is 1.86. The van der Waals surface area contributed by atoms with Crippen LogP contribution in [0.1, 0.15) is 19.4 Å². The van der Waals surface area contributed by atoms with Crippen LogP contribution in [0.3, 0.4) is 0 Å². The highest BCUT2D eigenvalue weighted by molar-refractivity contribution is 5.97. The third-order valence-electron chi connectivity index (χ3n) is 1.86. The summed E-state index contributed by atoms with van der Waals surface area (Å²) in [6.45, 7) is 3.24. The number of hydrogen-bond donors (Lipinski definition) is 1. The Morgan fingerprint density at radius 1 is 1.31 bits per heavy atom. The number of benzene rings is 1. The Morgan fingerprint density at radius 2 is 1.92 bits per heavy atom. The van der Waals surface area contributed by atoms with Crippen LogP contribution in [0.4, 0.5) is 0 Å². The molecule has 1 aromatic rings. The average molecular weight is 176 g/mol. The minimum Gasteiger partial charge on any atom is -0.507 e. The van der Waals surface area contributed by atoms with Gasteiger partial charge in [-0.1, -0.05) is 18.2 Å². The van der Waals surface area contributed by atoms with Crippen molar-refractivity contribution in [3.63, 3.8) is 0 Å². The lowest BCUT2D eigenvalue weighted by Gasteiger charge is -1.99. The van der Waals surface area contributed by atoms with Crippen molar-refractivity contribution >= 4 is 11.9 Å². The van der Waals surface area contributed by atoms with E-state index in [1.54, 1.807) is 31.2 Å². The van der Waals surface area contributed by atoms with Crippen molar-refractivity contribution in [3.05, 3.63) is 35.4 Å². The first-order chi connectivity index (χ1) is 6.11. The molecule has 1 aromatic carbocycles. The molecule has 13 heavy (non-hydrogen) atoms. The van der Waals surface area contributed by atoms with Gasteiger partial charge in [0.1, 0.15) is 5.75 Å². The summed E-state index contributed by atoms with van der Waals surface area (Å²) in [5.41, 5.74) is 1.32. The number of para-hydroxylation sites is 1. The van der Waals surface area contributed by atoms with Crippen LogP contribution >= 0.6 is 0 Å². The van der Waals surface area contributed by atoms with E-state index in [1.165, 1.54) is 6.92 Å². The molecule has 0 aliphatic carbocycles. The topological polar surface area (TPSA) is 37.3 Å². The molecule has 2 nitrogen and oxygen atoms in total. The first-order valence-electron chi connectivity index (χ1n) is 4.08. The fourth-order valence-electron chi connectivity index (χ4n) is 0.944. The third kappa shape index (κ3) is 2.44. The molecule has 0 aromatic heterocycles. The lowest BCUT2D eigenvalue weighted by Crippen LogP contribution is -1.90. The van der Waals surface area contributed by atoms with Gasteiger partial charge < -0.3 is 5.11 Å². The maximum Gasteiger partial charge on any atom is 0.155 e. The lowest BCUT2D eigenvalue weighted by molar-refractivity contribution is -0.113. The molecule has 0 spiro atoms. The van der Waals surface area contributed by atoms with Crippen LogP contribution in [0.25, 0.3) is 6.08 Å². The minimum absolute atomic E-state index is 0.0169. The first-order valence-corrected chi connectivity index (χ1v) is 4.08. The van der Waals surface area contributed by atoms with Crippen LogP contribution in [-0.4, -0.2) is 10.9 Å². The van der Waals surface area contributed by atoms with Crippen LogP contribution < -0.4 is 0 Å². The van der Waals surface area contributed by atoms with Crippen LogP contribution in [0.15, 0.2) is 29.8 Å². The second-order valence-corrected chi connectivity index (χ2v) is 2.94. The first kappa shape index (κ1) is 9.52. The van der Waals surface area contributed by atoms with Gasteiger partial charge in [0.25, 0.3) is 0 Å². The standard InChI is InChI=1S/C11H12O2/c1-8(9(2)12)7-10-5-3-4-6-11(10)13/h3-7,13H,1-2H3/b8-7+. The van der Waals surface area contributed by atoms with Crippen molar-refractivity contribution in [2.45, 2.75) is 13.8 Å². The van der Waals surface area contributed by atoms with E-state index in [0.717, 1.165) is 0 Å². The fraction of sp³-hybridized carbons (Fsp3) is 0.182. The molecule has 1 rings (SSSR count). The summed E-state index contributed by atoms with van der Waals surface area (Å²) in [5.74, 6) is 0.214. The molecular formula is C11H12O2. The Kier molecular flexibility index (Phi) is 2.85. The Labute approximate surface area is 77.5 Å². The molecule has 2 heteroatoms. The van der Waals surface area contributed by atoms with E-state index in [4.69, 9.17) is 0 Å². The second kappa shape index (κ2) is 3.90. The molecule has 0 amide bonds. The summed E-state index contributed by atoms with van der Waals surface area (Å²) in [6, 6.07) is 6.93. The molecule has 0 saturated heterocycles. The van der Waals surface area contributed by atoms with E-state index in [-0.39, 0.29) is 11.5 Å².